The van der Waals surface area contributed by atoms with E-state index in [9.17, 15) is 9.59 Å². The fourth-order valence-electron chi connectivity index (χ4n) is 2.81. The van der Waals surface area contributed by atoms with Crippen molar-refractivity contribution in [2.24, 2.45) is 0 Å². The smallest absolute Gasteiger partial charge is 0.375 e. The Morgan fingerprint density at radius 3 is 2.09 bits per heavy atom. The number of carboxylic acid groups (broad SMARTS) is 2. The van der Waals surface area contributed by atoms with Gasteiger partial charge in [-0.25, -0.2) is 9.59 Å². The van der Waals surface area contributed by atoms with E-state index in [4.69, 9.17) is 10.2 Å². The Bertz CT molecular complexity index is 373. The molecule has 22 heavy (non-hydrogen) atoms. The van der Waals surface area contributed by atoms with Crippen molar-refractivity contribution in [3.8, 4) is 0 Å². The first kappa shape index (κ1) is 20.3. The Hall–Kier alpha value is 0.300. The van der Waals surface area contributed by atoms with E-state index in [0.29, 0.717) is 5.75 Å². The molecule has 0 radical (unpaired) electrons. The SMILES string of the molecule is CCC(CC)(SSC(=O)O)C(CSSC(=O)O)N1CCCC1. The quantitative estimate of drug-likeness (QED) is 0.525. The molecule has 5 nitrogen and oxygen atoms in total. The van der Waals surface area contributed by atoms with Crippen molar-refractivity contribution < 1.29 is 19.8 Å². The highest BCUT2D eigenvalue weighted by Gasteiger charge is 2.41. The van der Waals surface area contributed by atoms with Gasteiger partial charge in [0, 0.05) is 38.1 Å². The second-order valence-electron chi connectivity index (χ2n) is 5.10. The van der Waals surface area contributed by atoms with Crippen molar-refractivity contribution in [3.63, 3.8) is 0 Å². The van der Waals surface area contributed by atoms with Crippen LogP contribution in [0.4, 0.5) is 9.59 Å². The molecule has 1 heterocycles. The van der Waals surface area contributed by atoms with Gasteiger partial charge in [-0.05, 0) is 38.8 Å². The highest BCUT2D eigenvalue weighted by molar-refractivity contribution is 8.82. The highest BCUT2D eigenvalue weighted by Crippen LogP contribution is 2.47. The first-order valence-electron chi connectivity index (χ1n) is 7.30. The van der Waals surface area contributed by atoms with E-state index >= 15 is 0 Å². The number of hydrogen-bond acceptors (Lipinski definition) is 7. The Labute approximate surface area is 147 Å². The van der Waals surface area contributed by atoms with Gasteiger partial charge in [-0.15, -0.1) is 0 Å². The van der Waals surface area contributed by atoms with Crippen LogP contribution in [0.25, 0.3) is 0 Å². The summed E-state index contributed by atoms with van der Waals surface area (Å²) in [5.74, 6) is 0.700. The summed E-state index contributed by atoms with van der Waals surface area (Å²) in [5.41, 5.74) is 0. The molecule has 0 aromatic heterocycles. The summed E-state index contributed by atoms with van der Waals surface area (Å²) in [7, 11) is 4.53. The Balaban J connectivity index is 2.85. The second-order valence-corrected chi connectivity index (χ2v) is 9.88. The topological polar surface area (TPSA) is 77.8 Å². The first-order valence-corrected chi connectivity index (χ1v) is 11.8. The van der Waals surface area contributed by atoms with Crippen molar-refractivity contribution in [1.82, 2.24) is 4.90 Å². The van der Waals surface area contributed by atoms with Gasteiger partial charge in [0.25, 0.3) is 0 Å². The minimum absolute atomic E-state index is 0.167. The molecule has 0 amide bonds. The van der Waals surface area contributed by atoms with E-state index in [1.165, 1.54) is 21.6 Å². The molecule has 0 spiro atoms. The van der Waals surface area contributed by atoms with Crippen LogP contribution in [-0.4, -0.2) is 55.3 Å². The zero-order valence-corrected chi connectivity index (χ0v) is 16.1. The third kappa shape index (κ3) is 6.07. The van der Waals surface area contributed by atoms with E-state index < -0.39 is 10.6 Å². The molecule has 1 saturated heterocycles. The maximum atomic E-state index is 11.0. The van der Waals surface area contributed by atoms with Gasteiger partial charge in [-0.1, -0.05) is 35.4 Å². The summed E-state index contributed by atoms with van der Waals surface area (Å²) in [6, 6.07) is 0.193. The van der Waals surface area contributed by atoms with E-state index in [1.807, 2.05) is 0 Å². The van der Waals surface area contributed by atoms with Crippen LogP contribution in [0, 0.1) is 0 Å². The normalized spacial score (nSPS) is 17.5. The molecule has 0 aromatic rings. The van der Waals surface area contributed by atoms with Crippen LogP contribution in [0.1, 0.15) is 39.5 Å². The van der Waals surface area contributed by atoms with Gasteiger partial charge in [-0.3, -0.25) is 4.90 Å². The van der Waals surface area contributed by atoms with Crippen LogP contribution in [0.15, 0.2) is 0 Å². The first-order chi connectivity index (χ1) is 10.4. The van der Waals surface area contributed by atoms with Crippen molar-refractivity contribution in [2.75, 3.05) is 18.8 Å². The van der Waals surface area contributed by atoms with Gasteiger partial charge in [0.15, 0.2) is 0 Å². The van der Waals surface area contributed by atoms with Gasteiger partial charge in [0.2, 0.25) is 0 Å². The summed E-state index contributed by atoms with van der Waals surface area (Å²) in [6.07, 6.45) is 4.06. The summed E-state index contributed by atoms with van der Waals surface area (Å²) < 4.78 is -0.167. The van der Waals surface area contributed by atoms with E-state index in [-0.39, 0.29) is 10.8 Å². The Morgan fingerprint density at radius 2 is 1.64 bits per heavy atom. The van der Waals surface area contributed by atoms with Crippen molar-refractivity contribution in [1.29, 1.82) is 0 Å². The average Bonchev–Trinajstić information content (AvgIpc) is 2.99. The average molecular weight is 386 g/mol. The van der Waals surface area contributed by atoms with Crippen LogP contribution in [-0.2, 0) is 0 Å². The molecule has 9 heteroatoms. The summed E-state index contributed by atoms with van der Waals surface area (Å²) in [5, 5.41) is 16.1. The number of rotatable bonds is 9. The summed E-state index contributed by atoms with van der Waals surface area (Å²) in [6.45, 7) is 6.22. The van der Waals surface area contributed by atoms with Crippen LogP contribution in [0.2, 0.25) is 0 Å². The predicted octanol–water partition coefficient (Wildman–Crippen LogP) is 5.13. The fourth-order valence-corrected chi connectivity index (χ4v) is 7.20. The van der Waals surface area contributed by atoms with E-state index in [0.717, 1.165) is 60.4 Å². The number of carbonyl (C=O) groups is 2. The van der Waals surface area contributed by atoms with Gasteiger partial charge in [0.1, 0.15) is 0 Å². The zero-order valence-electron chi connectivity index (χ0n) is 12.8. The second kappa shape index (κ2) is 10.2. The van der Waals surface area contributed by atoms with Crippen LogP contribution >= 0.6 is 43.2 Å². The Morgan fingerprint density at radius 1 is 1.09 bits per heavy atom. The van der Waals surface area contributed by atoms with Gasteiger partial charge in [0.05, 0.1) is 0 Å². The molecule has 1 atom stereocenters. The molecule has 2 N–H and O–H groups in total. The lowest BCUT2D eigenvalue weighted by molar-refractivity contribution is 0.207. The number of nitrogens with zero attached hydrogens (tertiary/aromatic N) is 1. The third-order valence-electron chi connectivity index (χ3n) is 4.02. The van der Waals surface area contributed by atoms with Crippen molar-refractivity contribution in [2.45, 2.75) is 50.3 Å². The predicted molar refractivity (Wildman–Crippen MR) is 99.2 cm³/mol. The molecule has 0 bridgehead atoms. The molecular formula is C13H23NO4S4. The fraction of sp³-hybridized carbons (Fsp3) is 0.846. The Kier molecular flexibility index (Phi) is 9.46. The van der Waals surface area contributed by atoms with Crippen molar-refractivity contribution in [3.05, 3.63) is 0 Å². The van der Waals surface area contributed by atoms with Gasteiger partial charge < -0.3 is 10.2 Å². The number of hydrogen-bond donors (Lipinski definition) is 2. The summed E-state index contributed by atoms with van der Waals surface area (Å²) in [4.78, 5) is 24.1. The minimum Gasteiger partial charge on any atom is -0.473 e. The lowest BCUT2D eigenvalue weighted by Crippen LogP contribution is -2.50. The molecular weight excluding hydrogens is 362 g/mol. The molecule has 0 saturated carbocycles. The standard InChI is InChI=1S/C13H23NO4S4/c1-3-13(4-2,22-21-12(17)18)10(9-19-20-11(15)16)14-7-5-6-8-14/h10H,3-9H2,1-2H3,(H,15,16)(H,17,18). The summed E-state index contributed by atoms with van der Waals surface area (Å²) >= 11 is 0. The van der Waals surface area contributed by atoms with Gasteiger partial charge >= 0.3 is 10.6 Å². The lowest BCUT2D eigenvalue weighted by Gasteiger charge is -2.43. The maximum absolute atomic E-state index is 11.0. The van der Waals surface area contributed by atoms with E-state index in [2.05, 4.69) is 18.7 Å². The van der Waals surface area contributed by atoms with E-state index in [1.54, 1.807) is 0 Å². The highest BCUT2D eigenvalue weighted by atomic mass is 33.1. The molecule has 0 aromatic carbocycles. The molecule has 1 fully saturated rings. The van der Waals surface area contributed by atoms with Crippen LogP contribution in [0.3, 0.4) is 0 Å². The molecule has 1 aliphatic rings. The van der Waals surface area contributed by atoms with Crippen LogP contribution in [0.5, 0.6) is 0 Å². The van der Waals surface area contributed by atoms with Gasteiger partial charge in [-0.2, -0.15) is 0 Å². The third-order valence-corrected chi connectivity index (χ3v) is 9.00. The molecule has 0 aliphatic carbocycles. The molecule has 128 valence electrons. The largest absolute Gasteiger partial charge is 0.473 e. The molecule has 1 aliphatic heterocycles. The lowest BCUT2D eigenvalue weighted by atomic mass is 9.93. The molecule has 1 unspecified atom stereocenters. The monoisotopic (exact) mass is 385 g/mol. The minimum atomic E-state index is -0.878. The number of likely N-dealkylation sites (tertiary alicyclic amines) is 1. The maximum Gasteiger partial charge on any atom is 0.375 e. The van der Waals surface area contributed by atoms with Crippen LogP contribution < -0.4 is 0 Å². The zero-order chi connectivity index (χ0) is 16.6. The van der Waals surface area contributed by atoms with Crippen molar-refractivity contribution >= 4 is 53.8 Å². The molecule has 1 rings (SSSR count).